The summed E-state index contributed by atoms with van der Waals surface area (Å²) in [6.07, 6.45) is 1.00. The smallest absolute Gasteiger partial charge is 0.253 e. The van der Waals surface area contributed by atoms with Crippen LogP contribution in [0.25, 0.3) is 0 Å². The molecular weight excluding hydrogens is 271 g/mol. The molecular formula is C13H18Cl2N2O. The number of nitrogens with zero attached hydrogens (tertiary/aromatic N) is 1. The number of rotatable bonds is 2. The first-order valence-corrected chi connectivity index (χ1v) is 6.24. The van der Waals surface area contributed by atoms with E-state index >= 15 is 0 Å². The number of nitrogens with two attached hydrogens (primary N) is 1. The number of hydrogen-bond donors (Lipinski definition) is 1. The fourth-order valence-electron chi connectivity index (χ4n) is 2.25. The Labute approximate surface area is 119 Å². The molecule has 0 aromatic heterocycles. The van der Waals surface area contributed by atoms with Gasteiger partial charge in [0.25, 0.3) is 5.91 Å². The zero-order valence-electron chi connectivity index (χ0n) is 10.4. The van der Waals surface area contributed by atoms with Crippen molar-refractivity contribution < 1.29 is 4.79 Å². The standard InChI is InChI=1S/C13H17ClN2O.ClH/c1-9-4-11(6-12(14)5-9)13(17)16-3-2-10(7-15)8-16;/h4-6,10H,2-3,7-8,15H2,1H3;1H. The van der Waals surface area contributed by atoms with Crippen molar-refractivity contribution in [2.45, 2.75) is 13.3 Å². The number of amides is 1. The van der Waals surface area contributed by atoms with Crippen LogP contribution in [0.2, 0.25) is 5.02 Å². The Morgan fingerprint density at radius 3 is 2.78 bits per heavy atom. The molecule has 1 amide bonds. The van der Waals surface area contributed by atoms with E-state index < -0.39 is 0 Å². The monoisotopic (exact) mass is 288 g/mol. The van der Waals surface area contributed by atoms with Gasteiger partial charge in [0.2, 0.25) is 0 Å². The van der Waals surface area contributed by atoms with Gasteiger partial charge in [-0.2, -0.15) is 0 Å². The average molecular weight is 289 g/mol. The molecule has 1 unspecified atom stereocenters. The molecule has 1 heterocycles. The van der Waals surface area contributed by atoms with Crippen molar-refractivity contribution in [3.63, 3.8) is 0 Å². The van der Waals surface area contributed by atoms with E-state index in [2.05, 4.69) is 0 Å². The van der Waals surface area contributed by atoms with Crippen LogP contribution in [0.3, 0.4) is 0 Å². The molecule has 1 fully saturated rings. The minimum Gasteiger partial charge on any atom is -0.338 e. The van der Waals surface area contributed by atoms with Crippen LogP contribution in [0, 0.1) is 12.8 Å². The van der Waals surface area contributed by atoms with Crippen LogP contribution in [-0.4, -0.2) is 30.4 Å². The lowest BCUT2D eigenvalue weighted by atomic mass is 10.1. The van der Waals surface area contributed by atoms with Gasteiger partial charge in [0.15, 0.2) is 0 Å². The second-order valence-electron chi connectivity index (χ2n) is 4.66. The van der Waals surface area contributed by atoms with E-state index in [0.29, 0.717) is 23.0 Å². The zero-order chi connectivity index (χ0) is 12.4. The Morgan fingerprint density at radius 1 is 1.50 bits per heavy atom. The molecule has 3 nitrogen and oxygen atoms in total. The molecule has 100 valence electrons. The van der Waals surface area contributed by atoms with Gasteiger partial charge in [0, 0.05) is 23.7 Å². The maximum absolute atomic E-state index is 12.2. The van der Waals surface area contributed by atoms with Crippen molar-refractivity contribution in [2.75, 3.05) is 19.6 Å². The predicted octanol–water partition coefficient (Wildman–Crippen LogP) is 2.49. The topological polar surface area (TPSA) is 46.3 Å². The number of carbonyl (C=O) groups is 1. The summed E-state index contributed by atoms with van der Waals surface area (Å²) in [5, 5.41) is 0.614. The lowest BCUT2D eigenvalue weighted by Gasteiger charge is -2.16. The molecule has 0 aliphatic carbocycles. The first-order valence-electron chi connectivity index (χ1n) is 5.86. The second kappa shape index (κ2) is 6.41. The first-order chi connectivity index (χ1) is 8.10. The van der Waals surface area contributed by atoms with Crippen molar-refractivity contribution in [1.29, 1.82) is 0 Å². The Hall–Kier alpha value is -0.770. The van der Waals surface area contributed by atoms with Gasteiger partial charge in [-0.15, -0.1) is 12.4 Å². The Morgan fingerprint density at radius 2 is 2.22 bits per heavy atom. The van der Waals surface area contributed by atoms with Crippen LogP contribution >= 0.6 is 24.0 Å². The summed E-state index contributed by atoms with van der Waals surface area (Å²) in [5.74, 6) is 0.505. The summed E-state index contributed by atoms with van der Waals surface area (Å²) in [6, 6.07) is 5.46. The maximum Gasteiger partial charge on any atom is 0.253 e. The summed E-state index contributed by atoms with van der Waals surface area (Å²) in [4.78, 5) is 14.1. The molecule has 0 saturated carbocycles. The lowest BCUT2D eigenvalue weighted by molar-refractivity contribution is 0.0787. The normalized spacial score (nSPS) is 18.6. The van der Waals surface area contributed by atoms with Crippen LogP contribution in [0.1, 0.15) is 22.3 Å². The van der Waals surface area contributed by atoms with Gasteiger partial charge >= 0.3 is 0 Å². The van der Waals surface area contributed by atoms with Gasteiger partial charge in [-0.05, 0) is 49.6 Å². The quantitative estimate of drug-likeness (QED) is 0.909. The maximum atomic E-state index is 12.2. The molecule has 1 aromatic carbocycles. The van der Waals surface area contributed by atoms with E-state index in [0.717, 1.165) is 25.1 Å². The van der Waals surface area contributed by atoms with Crippen molar-refractivity contribution in [3.8, 4) is 0 Å². The van der Waals surface area contributed by atoms with Crippen LogP contribution in [0.15, 0.2) is 18.2 Å². The van der Waals surface area contributed by atoms with Crippen molar-refractivity contribution >= 4 is 29.9 Å². The minimum atomic E-state index is 0. The van der Waals surface area contributed by atoms with Gasteiger partial charge in [-0.1, -0.05) is 11.6 Å². The van der Waals surface area contributed by atoms with Crippen molar-refractivity contribution in [2.24, 2.45) is 11.7 Å². The third-order valence-electron chi connectivity index (χ3n) is 3.20. The first kappa shape index (κ1) is 15.3. The van der Waals surface area contributed by atoms with E-state index in [4.69, 9.17) is 17.3 Å². The van der Waals surface area contributed by atoms with Gasteiger partial charge in [0.1, 0.15) is 0 Å². The summed E-state index contributed by atoms with van der Waals surface area (Å²) in [6.45, 7) is 4.15. The predicted molar refractivity (Wildman–Crippen MR) is 76.5 cm³/mol. The van der Waals surface area contributed by atoms with E-state index in [1.54, 1.807) is 6.07 Å². The number of hydrogen-bond acceptors (Lipinski definition) is 2. The number of carbonyl (C=O) groups excluding carboxylic acids is 1. The lowest BCUT2D eigenvalue weighted by Crippen LogP contribution is -2.29. The SMILES string of the molecule is Cc1cc(Cl)cc(C(=O)N2CCC(CN)C2)c1.Cl. The molecule has 1 aliphatic heterocycles. The molecule has 2 N–H and O–H groups in total. The number of benzene rings is 1. The van der Waals surface area contributed by atoms with Crippen molar-refractivity contribution in [3.05, 3.63) is 34.3 Å². The third kappa shape index (κ3) is 3.37. The Balaban J connectivity index is 0.00000162. The van der Waals surface area contributed by atoms with E-state index in [-0.39, 0.29) is 18.3 Å². The molecule has 0 radical (unpaired) electrons. The highest BCUT2D eigenvalue weighted by molar-refractivity contribution is 6.31. The van der Waals surface area contributed by atoms with Gasteiger partial charge in [-0.25, -0.2) is 0 Å². The summed E-state index contributed by atoms with van der Waals surface area (Å²) >= 11 is 5.97. The fourth-order valence-corrected chi connectivity index (χ4v) is 2.54. The summed E-state index contributed by atoms with van der Waals surface area (Å²) < 4.78 is 0. The number of likely N-dealkylation sites (tertiary alicyclic amines) is 1. The van der Waals surface area contributed by atoms with Crippen LogP contribution in [-0.2, 0) is 0 Å². The highest BCUT2D eigenvalue weighted by Crippen LogP contribution is 2.20. The molecule has 5 heteroatoms. The summed E-state index contributed by atoms with van der Waals surface area (Å²) in [7, 11) is 0. The van der Waals surface area contributed by atoms with Crippen LogP contribution in [0.4, 0.5) is 0 Å². The molecule has 2 rings (SSSR count). The molecule has 1 aliphatic rings. The van der Waals surface area contributed by atoms with Crippen LogP contribution < -0.4 is 5.73 Å². The number of aryl methyl sites for hydroxylation is 1. The molecule has 0 bridgehead atoms. The minimum absolute atomic E-state index is 0. The van der Waals surface area contributed by atoms with E-state index in [9.17, 15) is 4.79 Å². The van der Waals surface area contributed by atoms with Gasteiger partial charge in [0.05, 0.1) is 0 Å². The highest BCUT2D eigenvalue weighted by atomic mass is 35.5. The molecule has 1 saturated heterocycles. The number of halogens is 2. The van der Waals surface area contributed by atoms with Gasteiger partial charge < -0.3 is 10.6 Å². The molecule has 1 aromatic rings. The molecule has 0 spiro atoms. The average Bonchev–Trinajstić information content (AvgIpc) is 2.75. The molecule has 1 atom stereocenters. The molecule has 18 heavy (non-hydrogen) atoms. The highest BCUT2D eigenvalue weighted by Gasteiger charge is 2.26. The second-order valence-corrected chi connectivity index (χ2v) is 5.10. The van der Waals surface area contributed by atoms with Crippen molar-refractivity contribution in [1.82, 2.24) is 4.90 Å². The third-order valence-corrected chi connectivity index (χ3v) is 3.41. The fraction of sp³-hybridized carbons (Fsp3) is 0.462. The Bertz CT molecular complexity index is 417. The van der Waals surface area contributed by atoms with Crippen LogP contribution in [0.5, 0.6) is 0 Å². The summed E-state index contributed by atoms with van der Waals surface area (Å²) in [5.41, 5.74) is 7.31. The van der Waals surface area contributed by atoms with E-state index in [1.165, 1.54) is 0 Å². The Kier molecular flexibility index (Phi) is 5.45. The largest absolute Gasteiger partial charge is 0.338 e. The van der Waals surface area contributed by atoms with E-state index in [1.807, 2.05) is 24.0 Å². The van der Waals surface area contributed by atoms with Gasteiger partial charge in [-0.3, -0.25) is 4.79 Å². The zero-order valence-corrected chi connectivity index (χ0v) is 11.9.